The molecule has 2 rings (SSSR count). The maximum absolute atomic E-state index is 11.9. The first kappa shape index (κ1) is 16.8. The molecule has 23 heavy (non-hydrogen) atoms. The van der Waals surface area contributed by atoms with Crippen LogP contribution in [0, 0.1) is 0 Å². The summed E-state index contributed by atoms with van der Waals surface area (Å²) in [6.45, 7) is 5.31. The van der Waals surface area contributed by atoms with E-state index in [0.717, 1.165) is 12.2 Å². The second-order valence-corrected chi connectivity index (χ2v) is 5.61. The summed E-state index contributed by atoms with van der Waals surface area (Å²) in [4.78, 5) is 11.9. The zero-order valence-corrected chi connectivity index (χ0v) is 13.7. The molecule has 0 atom stereocenters. The number of allylic oxidation sites excluding steroid dienone is 1. The lowest BCUT2D eigenvalue weighted by atomic mass is 10.1. The third kappa shape index (κ3) is 5.99. The summed E-state index contributed by atoms with van der Waals surface area (Å²) in [5.74, 6) is 0.826. The van der Waals surface area contributed by atoms with Crippen LogP contribution in [0.3, 0.4) is 0 Å². The highest BCUT2D eigenvalue weighted by Gasteiger charge is 2.03. The Bertz CT molecular complexity index is 641. The summed E-state index contributed by atoms with van der Waals surface area (Å²) in [5, 5.41) is 2.93. The highest BCUT2D eigenvalue weighted by Crippen LogP contribution is 2.12. The van der Waals surface area contributed by atoms with Gasteiger partial charge in [0.25, 0.3) is 5.91 Å². The van der Waals surface area contributed by atoms with Gasteiger partial charge in [0.2, 0.25) is 0 Å². The number of ether oxygens (including phenoxy) is 1. The summed E-state index contributed by atoms with van der Waals surface area (Å²) in [5.41, 5.74) is 3.11. The Balaban J connectivity index is 1.76. The highest BCUT2D eigenvalue weighted by atomic mass is 16.5. The van der Waals surface area contributed by atoms with Crippen molar-refractivity contribution in [1.82, 2.24) is 5.32 Å². The topological polar surface area (TPSA) is 38.3 Å². The number of rotatable bonds is 7. The Morgan fingerprint density at radius 1 is 1.04 bits per heavy atom. The summed E-state index contributed by atoms with van der Waals surface area (Å²) < 4.78 is 5.63. The Labute approximate surface area is 138 Å². The third-order valence-electron chi connectivity index (χ3n) is 3.40. The first-order valence-corrected chi connectivity index (χ1v) is 7.83. The molecule has 0 radical (unpaired) electrons. The molecule has 1 N–H and O–H groups in total. The van der Waals surface area contributed by atoms with Gasteiger partial charge in [0.05, 0.1) is 0 Å². The van der Waals surface area contributed by atoms with Crippen LogP contribution < -0.4 is 10.1 Å². The summed E-state index contributed by atoms with van der Waals surface area (Å²) in [6.07, 6.45) is 2.85. The van der Waals surface area contributed by atoms with Crippen molar-refractivity contribution in [2.45, 2.75) is 20.3 Å². The first-order chi connectivity index (χ1) is 11.1. The molecular weight excluding hydrogens is 286 g/mol. The van der Waals surface area contributed by atoms with E-state index in [-0.39, 0.29) is 5.91 Å². The molecule has 0 saturated heterocycles. The molecule has 0 fully saturated rings. The van der Waals surface area contributed by atoms with Gasteiger partial charge in [-0.3, -0.25) is 4.79 Å². The summed E-state index contributed by atoms with van der Waals surface area (Å²) in [6, 6.07) is 17.3. The number of benzene rings is 2. The maximum atomic E-state index is 11.9. The molecule has 3 nitrogen and oxygen atoms in total. The number of carbonyl (C=O) groups is 1. The molecular formula is C20H23NO2. The molecule has 0 aliphatic rings. The number of carbonyl (C=O) groups excluding carboxylic acids is 1. The monoisotopic (exact) mass is 309 g/mol. The van der Waals surface area contributed by atoms with Crippen LogP contribution in [0.15, 0.2) is 66.2 Å². The van der Waals surface area contributed by atoms with E-state index in [2.05, 4.69) is 19.2 Å². The van der Waals surface area contributed by atoms with Gasteiger partial charge in [-0.05, 0) is 56.2 Å². The molecule has 0 aromatic heterocycles. The molecule has 3 heteroatoms. The molecule has 0 unspecified atom stereocenters. The molecule has 2 aromatic carbocycles. The zero-order chi connectivity index (χ0) is 16.5. The molecule has 0 aliphatic carbocycles. The first-order valence-electron chi connectivity index (χ1n) is 7.83. The van der Waals surface area contributed by atoms with E-state index in [4.69, 9.17) is 4.74 Å². The van der Waals surface area contributed by atoms with Crippen LogP contribution in [0.1, 0.15) is 29.8 Å². The normalized spacial score (nSPS) is 10.0. The Morgan fingerprint density at radius 3 is 2.39 bits per heavy atom. The second-order valence-electron chi connectivity index (χ2n) is 5.61. The minimum Gasteiger partial charge on any atom is -0.490 e. The predicted octanol–water partition coefficient (Wildman–Crippen LogP) is 4.00. The zero-order valence-electron chi connectivity index (χ0n) is 13.7. The van der Waals surface area contributed by atoms with E-state index in [1.165, 1.54) is 11.1 Å². The Hall–Kier alpha value is -2.55. The lowest BCUT2D eigenvalue weighted by Crippen LogP contribution is -2.25. The van der Waals surface area contributed by atoms with Crippen molar-refractivity contribution < 1.29 is 9.53 Å². The predicted molar refractivity (Wildman–Crippen MR) is 93.8 cm³/mol. The largest absolute Gasteiger partial charge is 0.490 e. The van der Waals surface area contributed by atoms with Crippen LogP contribution in [0.25, 0.3) is 0 Å². The average Bonchev–Trinajstić information content (AvgIpc) is 2.57. The van der Waals surface area contributed by atoms with Crippen LogP contribution in [0.5, 0.6) is 5.75 Å². The fourth-order valence-corrected chi connectivity index (χ4v) is 2.07. The van der Waals surface area contributed by atoms with Crippen LogP contribution in [0.2, 0.25) is 0 Å². The average molecular weight is 309 g/mol. The lowest BCUT2D eigenvalue weighted by molar-refractivity contribution is 0.0954. The molecule has 0 spiro atoms. The molecule has 2 aromatic rings. The number of hydrogen-bond donors (Lipinski definition) is 1. The van der Waals surface area contributed by atoms with Crippen molar-refractivity contribution in [1.29, 1.82) is 0 Å². The van der Waals surface area contributed by atoms with Crippen LogP contribution >= 0.6 is 0 Å². The highest BCUT2D eigenvalue weighted by molar-refractivity contribution is 5.94. The quantitative estimate of drug-likeness (QED) is 0.785. The lowest BCUT2D eigenvalue weighted by Gasteiger charge is -2.07. The van der Waals surface area contributed by atoms with E-state index in [9.17, 15) is 4.79 Å². The van der Waals surface area contributed by atoms with Gasteiger partial charge in [0.1, 0.15) is 12.4 Å². The van der Waals surface area contributed by atoms with Crippen LogP contribution in [0.4, 0.5) is 0 Å². The van der Waals surface area contributed by atoms with Gasteiger partial charge in [0.15, 0.2) is 0 Å². The van der Waals surface area contributed by atoms with Gasteiger partial charge < -0.3 is 10.1 Å². The van der Waals surface area contributed by atoms with E-state index in [0.29, 0.717) is 18.7 Å². The van der Waals surface area contributed by atoms with Gasteiger partial charge in [-0.15, -0.1) is 0 Å². The standard InChI is InChI=1S/C20H23NO2/c1-16(2)13-15-23-19-10-8-17(9-11-19)12-14-21-20(22)18-6-4-3-5-7-18/h3-11,13H,12,14-15H2,1-2H3,(H,21,22). The summed E-state index contributed by atoms with van der Waals surface area (Å²) in [7, 11) is 0. The minimum absolute atomic E-state index is 0.0349. The van der Waals surface area contributed by atoms with Crippen molar-refractivity contribution in [2.75, 3.05) is 13.2 Å². The Morgan fingerprint density at radius 2 is 1.74 bits per heavy atom. The van der Waals surface area contributed by atoms with Gasteiger partial charge in [0, 0.05) is 12.1 Å². The van der Waals surface area contributed by atoms with Crippen molar-refractivity contribution >= 4 is 5.91 Å². The van der Waals surface area contributed by atoms with Crippen molar-refractivity contribution in [3.05, 3.63) is 77.4 Å². The third-order valence-corrected chi connectivity index (χ3v) is 3.40. The number of hydrogen-bond acceptors (Lipinski definition) is 2. The summed E-state index contributed by atoms with van der Waals surface area (Å²) >= 11 is 0. The van der Waals surface area contributed by atoms with Gasteiger partial charge in [-0.25, -0.2) is 0 Å². The fourth-order valence-electron chi connectivity index (χ4n) is 2.07. The van der Waals surface area contributed by atoms with Crippen molar-refractivity contribution in [2.24, 2.45) is 0 Å². The fraction of sp³-hybridized carbons (Fsp3) is 0.250. The second kappa shape index (κ2) is 8.79. The van der Waals surface area contributed by atoms with E-state index < -0.39 is 0 Å². The van der Waals surface area contributed by atoms with Crippen molar-refractivity contribution in [3.8, 4) is 5.75 Å². The molecule has 0 bridgehead atoms. The number of amides is 1. The van der Waals surface area contributed by atoms with E-state index >= 15 is 0 Å². The molecule has 0 aliphatic heterocycles. The molecule has 1 amide bonds. The smallest absolute Gasteiger partial charge is 0.251 e. The molecule has 0 heterocycles. The SMILES string of the molecule is CC(C)=CCOc1ccc(CCNC(=O)c2ccccc2)cc1. The maximum Gasteiger partial charge on any atom is 0.251 e. The van der Waals surface area contributed by atoms with Crippen molar-refractivity contribution in [3.63, 3.8) is 0 Å². The van der Waals surface area contributed by atoms with E-state index in [1.54, 1.807) is 0 Å². The minimum atomic E-state index is -0.0349. The van der Waals surface area contributed by atoms with Gasteiger partial charge in [-0.1, -0.05) is 35.9 Å². The van der Waals surface area contributed by atoms with E-state index in [1.807, 2.05) is 60.7 Å². The molecule has 0 saturated carbocycles. The van der Waals surface area contributed by atoms with Crippen LogP contribution in [-0.4, -0.2) is 19.1 Å². The van der Waals surface area contributed by atoms with Gasteiger partial charge >= 0.3 is 0 Å². The number of nitrogens with one attached hydrogen (secondary N) is 1. The molecule has 120 valence electrons. The van der Waals surface area contributed by atoms with Gasteiger partial charge in [-0.2, -0.15) is 0 Å². The van der Waals surface area contributed by atoms with Crippen LogP contribution in [-0.2, 0) is 6.42 Å². The Kier molecular flexibility index (Phi) is 6.42.